The number of aliphatic imine (C=N–C) groups is 1. The molecule has 0 unspecified atom stereocenters. The van der Waals surface area contributed by atoms with Gasteiger partial charge in [-0.3, -0.25) is 4.79 Å². The lowest BCUT2D eigenvalue weighted by Gasteiger charge is -2.36. The molecule has 1 aromatic carbocycles. The van der Waals surface area contributed by atoms with Crippen molar-refractivity contribution < 1.29 is 28.7 Å². The first-order valence-electron chi connectivity index (χ1n) is 18.8. The van der Waals surface area contributed by atoms with Crippen LogP contribution in [-0.4, -0.2) is 127 Å². The summed E-state index contributed by atoms with van der Waals surface area (Å²) >= 11 is 0. The van der Waals surface area contributed by atoms with Crippen LogP contribution in [0.25, 0.3) is 0 Å². The number of ether oxygens (including phenoxy) is 2. The number of nitrogens with zero attached hydrogens (tertiary/aromatic N) is 5. The van der Waals surface area contributed by atoms with Crippen molar-refractivity contribution >= 4 is 35.8 Å². The number of nitrogens with one attached hydrogen (secondary N) is 2. The minimum atomic E-state index is -0.344. The maximum absolute atomic E-state index is 13.0. The van der Waals surface area contributed by atoms with Crippen molar-refractivity contribution in [1.29, 1.82) is 0 Å². The molecule has 1 saturated carbocycles. The summed E-state index contributed by atoms with van der Waals surface area (Å²) in [5.41, 5.74) is 12.4. The second-order valence-corrected chi connectivity index (χ2v) is 14.2. The summed E-state index contributed by atoms with van der Waals surface area (Å²) in [4.78, 5) is 62.4. The van der Waals surface area contributed by atoms with Gasteiger partial charge in [-0.2, -0.15) is 0 Å². The monoisotopic (exact) mass is 711 g/mol. The number of hydrogen-bond donors (Lipinski definition) is 4. The van der Waals surface area contributed by atoms with E-state index in [-0.39, 0.29) is 42.3 Å². The van der Waals surface area contributed by atoms with Crippen molar-refractivity contribution in [2.24, 2.45) is 22.4 Å². The van der Waals surface area contributed by atoms with Gasteiger partial charge < -0.3 is 51.2 Å². The number of guanidine groups is 1. The minimum absolute atomic E-state index is 0.0117. The van der Waals surface area contributed by atoms with Crippen LogP contribution in [0.3, 0.4) is 0 Å². The molecule has 0 spiro atoms. The van der Waals surface area contributed by atoms with E-state index < -0.39 is 0 Å². The number of amides is 5. The largest absolute Gasteiger partial charge is 0.446 e. The van der Waals surface area contributed by atoms with Gasteiger partial charge in [0.1, 0.15) is 12.2 Å². The lowest BCUT2D eigenvalue weighted by atomic mass is 9.92. The fourth-order valence-electron chi connectivity index (χ4n) is 7.33. The molecule has 0 atom stereocenters. The Bertz CT molecular complexity index is 1310. The lowest BCUT2D eigenvalue weighted by Crippen LogP contribution is -2.53. The van der Waals surface area contributed by atoms with Crippen molar-refractivity contribution in [1.82, 2.24) is 30.2 Å². The fourth-order valence-corrected chi connectivity index (χ4v) is 7.33. The summed E-state index contributed by atoms with van der Waals surface area (Å²) in [6, 6.07) is 7.08. The van der Waals surface area contributed by atoms with Crippen molar-refractivity contribution in [2.75, 3.05) is 65.4 Å². The Labute approximate surface area is 301 Å². The first-order valence-corrected chi connectivity index (χ1v) is 18.8. The van der Waals surface area contributed by atoms with E-state index in [1.807, 2.05) is 17.0 Å². The molecule has 0 aromatic heterocycles. The number of benzene rings is 1. The molecular weight excluding hydrogens is 654 g/mol. The molecule has 3 aliphatic heterocycles. The second-order valence-electron chi connectivity index (χ2n) is 14.2. The molecule has 15 heteroatoms. The maximum Gasteiger partial charge on any atom is 0.410 e. The predicted octanol–water partition coefficient (Wildman–Crippen LogP) is 3.10. The lowest BCUT2D eigenvalue weighted by molar-refractivity contribution is -0.133. The smallest absolute Gasteiger partial charge is 0.410 e. The molecule has 51 heavy (non-hydrogen) atoms. The van der Waals surface area contributed by atoms with Crippen LogP contribution in [0.2, 0.25) is 0 Å². The highest BCUT2D eigenvalue weighted by atomic mass is 16.6. The average molecular weight is 712 g/mol. The molecular formula is C36H57N9O6. The summed E-state index contributed by atoms with van der Waals surface area (Å²) < 4.78 is 11.8. The van der Waals surface area contributed by atoms with Gasteiger partial charge in [0.25, 0.3) is 0 Å². The summed E-state index contributed by atoms with van der Waals surface area (Å²) in [5, 5.41) is 6.31. The molecule has 1 aromatic rings. The fraction of sp³-hybridized carbons (Fsp3) is 0.694. The highest BCUT2D eigenvalue weighted by molar-refractivity contribution is 5.79. The Morgan fingerprint density at radius 3 is 1.76 bits per heavy atom. The third kappa shape index (κ3) is 12.2. The van der Waals surface area contributed by atoms with E-state index in [9.17, 15) is 19.2 Å². The van der Waals surface area contributed by atoms with Gasteiger partial charge in [-0.05, 0) is 101 Å². The van der Waals surface area contributed by atoms with Gasteiger partial charge in [0.15, 0.2) is 5.96 Å². The summed E-state index contributed by atoms with van der Waals surface area (Å²) in [7, 11) is 0. The number of hydrogen-bond acceptors (Lipinski definition) is 8. The molecule has 5 amide bonds. The minimum Gasteiger partial charge on any atom is -0.446 e. The van der Waals surface area contributed by atoms with Crippen molar-refractivity contribution in [3.05, 3.63) is 29.8 Å². The van der Waals surface area contributed by atoms with Crippen molar-refractivity contribution in [2.45, 2.75) is 89.4 Å². The molecule has 4 aliphatic rings. The van der Waals surface area contributed by atoms with Crippen LogP contribution in [0, 0.1) is 5.92 Å². The van der Waals surface area contributed by atoms with E-state index in [2.05, 4.69) is 15.6 Å². The van der Waals surface area contributed by atoms with Crippen molar-refractivity contribution in [3.8, 4) is 0 Å². The Morgan fingerprint density at radius 2 is 1.24 bits per heavy atom. The first-order chi connectivity index (χ1) is 24.7. The van der Waals surface area contributed by atoms with Gasteiger partial charge in [-0.1, -0.05) is 12.1 Å². The van der Waals surface area contributed by atoms with Crippen LogP contribution in [0.15, 0.2) is 29.3 Å². The van der Waals surface area contributed by atoms with Crippen LogP contribution in [0.1, 0.15) is 76.2 Å². The maximum atomic E-state index is 13.0. The average Bonchev–Trinajstić information content (AvgIpc) is 3.13. The topological polar surface area (TPSA) is 188 Å². The quantitative estimate of drug-likeness (QED) is 0.221. The molecule has 282 valence electrons. The third-order valence-corrected chi connectivity index (χ3v) is 10.5. The van der Waals surface area contributed by atoms with Gasteiger partial charge in [-0.25, -0.2) is 19.4 Å². The summed E-state index contributed by atoms with van der Waals surface area (Å²) in [6.07, 6.45) is 8.53. The molecule has 6 N–H and O–H groups in total. The van der Waals surface area contributed by atoms with Gasteiger partial charge in [0.2, 0.25) is 5.91 Å². The molecule has 1 aliphatic carbocycles. The zero-order chi connectivity index (χ0) is 36.0. The number of carbonyl (C=O) groups is 4. The molecule has 4 fully saturated rings. The SMILES string of the molecule is NC(N)=Nc1ccc(CNC(=O)N2CCN(C(=O)OC3CCCC(OC(=O)N4CCN(C(=O)CCCC5CCNCC5)CC4)CCC3)CC2)cc1. The zero-order valence-corrected chi connectivity index (χ0v) is 29.9. The number of piperazine rings is 2. The van der Waals surface area contributed by atoms with Crippen LogP contribution in [-0.2, 0) is 20.8 Å². The van der Waals surface area contributed by atoms with E-state index in [0.717, 1.165) is 63.1 Å². The Kier molecular flexibility index (Phi) is 14.4. The Morgan fingerprint density at radius 1 is 0.725 bits per heavy atom. The number of urea groups is 1. The predicted molar refractivity (Wildman–Crippen MR) is 193 cm³/mol. The van der Waals surface area contributed by atoms with Gasteiger partial charge in [0, 0.05) is 65.3 Å². The van der Waals surface area contributed by atoms with Crippen LogP contribution >= 0.6 is 0 Å². The number of carbonyl (C=O) groups excluding carboxylic acids is 4. The van der Waals surface area contributed by atoms with Crippen LogP contribution < -0.4 is 22.1 Å². The number of nitrogens with two attached hydrogens (primary N) is 2. The summed E-state index contributed by atoms with van der Waals surface area (Å²) in [6.45, 7) is 6.30. The molecule has 15 nitrogen and oxygen atoms in total. The van der Waals surface area contributed by atoms with E-state index in [1.54, 1.807) is 26.8 Å². The van der Waals surface area contributed by atoms with E-state index in [0.29, 0.717) is 83.9 Å². The standard InChI is InChI=1S/C36H57N9O6/c37-33(38)41-29-12-10-28(11-13-29)26-40-34(47)43-20-24-45(25-21-43)36(49)51-31-7-2-5-30(6-3-8-31)50-35(48)44-22-18-42(19-23-44)32(46)9-1-4-27-14-16-39-17-15-27/h10-13,27,30-31,39H,1-9,14-26H2,(H,40,47)(H4,37,38,41). The summed E-state index contributed by atoms with van der Waals surface area (Å²) in [5.74, 6) is 0.914. The van der Waals surface area contributed by atoms with Gasteiger partial charge in [0.05, 0.1) is 5.69 Å². The van der Waals surface area contributed by atoms with Gasteiger partial charge >= 0.3 is 18.2 Å². The van der Waals surface area contributed by atoms with E-state index in [4.69, 9.17) is 20.9 Å². The molecule has 0 bridgehead atoms. The molecule has 3 saturated heterocycles. The zero-order valence-electron chi connectivity index (χ0n) is 29.9. The number of piperidine rings is 1. The molecule has 5 rings (SSSR count). The van der Waals surface area contributed by atoms with Crippen LogP contribution in [0.5, 0.6) is 0 Å². The van der Waals surface area contributed by atoms with Crippen LogP contribution in [0.4, 0.5) is 20.1 Å². The highest BCUT2D eigenvalue weighted by Gasteiger charge is 2.30. The number of rotatable bonds is 9. The third-order valence-electron chi connectivity index (χ3n) is 10.5. The second kappa shape index (κ2) is 19.4. The molecule has 3 heterocycles. The first kappa shape index (κ1) is 38.0. The highest BCUT2D eigenvalue weighted by Crippen LogP contribution is 2.24. The Balaban J connectivity index is 0.925. The molecule has 0 radical (unpaired) electrons. The normalized spacial score (nSPS) is 22.0. The Hall–Kier alpha value is -4.27. The van der Waals surface area contributed by atoms with Crippen molar-refractivity contribution in [3.63, 3.8) is 0 Å². The van der Waals surface area contributed by atoms with Gasteiger partial charge in [-0.15, -0.1) is 0 Å². The van der Waals surface area contributed by atoms with E-state index in [1.165, 1.54) is 12.8 Å². The van der Waals surface area contributed by atoms with E-state index >= 15 is 0 Å².